The van der Waals surface area contributed by atoms with Gasteiger partial charge < -0.3 is 0 Å². The Morgan fingerprint density at radius 1 is 1.31 bits per heavy atom. The average Bonchev–Trinajstić information content (AvgIpc) is 2.92. The van der Waals surface area contributed by atoms with Crippen LogP contribution in [-0.4, -0.2) is 0 Å². The molecule has 0 heterocycles. The summed E-state index contributed by atoms with van der Waals surface area (Å²) < 4.78 is 13.1. The molecule has 2 rings (SSSR count). The smallest absolute Gasteiger partial charge is 0.128 e. The number of terminal acetylenes is 1. The first-order valence-corrected chi connectivity index (χ1v) is 4.44. The van der Waals surface area contributed by atoms with Crippen molar-refractivity contribution in [3.8, 4) is 12.8 Å². The van der Waals surface area contributed by atoms with E-state index < -0.39 is 0 Å². The maximum Gasteiger partial charge on any atom is 0.128 e. The van der Waals surface area contributed by atoms with Crippen molar-refractivity contribution in [2.45, 2.75) is 18.8 Å². The molecule has 1 aromatic rings. The van der Waals surface area contributed by atoms with E-state index in [2.05, 4.69) is 12.8 Å². The number of halogens is 2. The van der Waals surface area contributed by atoms with E-state index in [0.717, 1.165) is 12.8 Å². The normalized spacial score (nSPS) is 14.5. The summed E-state index contributed by atoms with van der Waals surface area (Å²) >= 11 is 5.82. The molecule has 1 aliphatic rings. The van der Waals surface area contributed by atoms with Crippen molar-refractivity contribution >= 4 is 11.6 Å². The summed E-state index contributed by atoms with van der Waals surface area (Å²) in [5, 5.41) is 0.576. The lowest BCUT2D eigenvalue weighted by atomic mass is 10.1. The first-order chi connectivity index (χ1) is 6.29. The molecule has 2 heteroatoms. The highest BCUT2D eigenvalue weighted by molar-refractivity contribution is 6.31. The number of hydrogen-bond donors (Lipinski definition) is 0. The molecule has 0 amide bonds. The average molecular weight is 197 g/mol. The molecule has 0 radical (unpaired) electrons. The number of rotatable bonds is 1. The molecule has 1 fully saturated rings. The van der Waals surface area contributed by atoms with Crippen molar-refractivity contribution in [3.63, 3.8) is 0 Å². The Morgan fingerprint density at radius 2 is 1.92 bits per heavy atom. The van der Waals surface area contributed by atoms with Gasteiger partial charge >= 0.3 is 0 Å². The predicted octanol–water partition coefficient (Wildman–Crippen LogP) is 3.61. The maximum atomic E-state index is 13.1. The van der Waals surface area contributed by atoms with E-state index >= 15 is 0 Å². The van der Waals surface area contributed by atoms with Gasteiger partial charge in [-0.25, -0.2) is 4.39 Å². The van der Waals surface area contributed by atoms with Crippen molar-refractivity contribution in [2.24, 2.45) is 0 Å². The van der Waals surface area contributed by atoms with Crippen LogP contribution in [0.5, 0.6) is 0 Å². The Labute approximate surface area is 82.7 Å². The third-order valence-electron chi connectivity index (χ3n) is 1.99. The van der Waals surface area contributed by atoms with Crippen molar-refractivity contribution < 1.29 is 4.39 Å². The summed E-state index contributed by atoms with van der Waals surface area (Å²) in [7, 11) is 0. The van der Waals surface area contributed by atoms with E-state index in [4.69, 9.17) is 11.6 Å². The first-order valence-electron chi connectivity index (χ1n) is 4.06. The first kappa shape index (κ1) is 10.1. The molecule has 0 bridgehead atoms. The molecule has 0 N–H and O–H groups in total. The third-order valence-corrected chi connectivity index (χ3v) is 2.31. The van der Waals surface area contributed by atoms with E-state index in [1.807, 2.05) is 0 Å². The SMILES string of the molecule is C#C.Fc1cccc(Cl)c1C1CC1. The highest BCUT2D eigenvalue weighted by Gasteiger charge is 2.28. The molecule has 0 saturated heterocycles. The molecule has 13 heavy (non-hydrogen) atoms. The quantitative estimate of drug-likeness (QED) is 0.602. The largest absolute Gasteiger partial charge is 0.207 e. The minimum absolute atomic E-state index is 0.153. The zero-order valence-electron chi connectivity index (χ0n) is 7.13. The van der Waals surface area contributed by atoms with Crippen LogP contribution in [0.3, 0.4) is 0 Å². The Kier molecular flexibility index (Phi) is 3.33. The fourth-order valence-corrected chi connectivity index (χ4v) is 1.59. The van der Waals surface area contributed by atoms with Crippen molar-refractivity contribution in [2.75, 3.05) is 0 Å². The molecular formula is C11H10ClF. The fourth-order valence-electron chi connectivity index (χ4n) is 1.27. The molecule has 0 atom stereocenters. The summed E-state index contributed by atoms with van der Waals surface area (Å²) in [5.74, 6) is 0.240. The summed E-state index contributed by atoms with van der Waals surface area (Å²) in [6, 6.07) is 4.86. The molecule has 0 aromatic heterocycles. The van der Waals surface area contributed by atoms with Gasteiger partial charge in [0, 0.05) is 10.6 Å². The van der Waals surface area contributed by atoms with Gasteiger partial charge in [0.25, 0.3) is 0 Å². The fraction of sp³-hybridized carbons (Fsp3) is 0.273. The molecule has 68 valence electrons. The highest BCUT2D eigenvalue weighted by Crippen LogP contribution is 2.44. The lowest BCUT2D eigenvalue weighted by Crippen LogP contribution is -1.87. The Morgan fingerprint density at radius 3 is 2.38 bits per heavy atom. The van der Waals surface area contributed by atoms with Crippen LogP contribution in [0.2, 0.25) is 5.02 Å². The van der Waals surface area contributed by atoms with Gasteiger partial charge in [0.15, 0.2) is 0 Å². The van der Waals surface area contributed by atoms with Crippen LogP contribution in [0.1, 0.15) is 24.3 Å². The standard InChI is InChI=1S/C9H8ClF.C2H2/c10-7-2-1-3-8(11)9(7)6-4-5-6;1-2/h1-3,6H,4-5H2;1-2H. The van der Waals surface area contributed by atoms with E-state index in [-0.39, 0.29) is 5.82 Å². The van der Waals surface area contributed by atoms with Gasteiger partial charge in [0.1, 0.15) is 5.82 Å². The van der Waals surface area contributed by atoms with Crippen LogP contribution in [0.25, 0.3) is 0 Å². The predicted molar refractivity (Wildman–Crippen MR) is 53.3 cm³/mol. The lowest BCUT2D eigenvalue weighted by molar-refractivity contribution is 0.611. The second-order valence-corrected chi connectivity index (χ2v) is 3.32. The number of benzene rings is 1. The van der Waals surface area contributed by atoms with Gasteiger partial charge in [-0.2, -0.15) is 0 Å². The van der Waals surface area contributed by atoms with Crippen LogP contribution < -0.4 is 0 Å². The maximum absolute atomic E-state index is 13.1. The molecule has 0 spiro atoms. The molecule has 1 aliphatic carbocycles. The van der Waals surface area contributed by atoms with Crippen molar-refractivity contribution in [1.82, 2.24) is 0 Å². The second kappa shape index (κ2) is 4.30. The monoisotopic (exact) mass is 196 g/mol. The van der Waals surface area contributed by atoms with E-state index in [9.17, 15) is 4.39 Å². The number of hydrogen-bond acceptors (Lipinski definition) is 0. The molecule has 1 saturated carbocycles. The highest BCUT2D eigenvalue weighted by atomic mass is 35.5. The van der Waals surface area contributed by atoms with Crippen molar-refractivity contribution in [1.29, 1.82) is 0 Å². The van der Waals surface area contributed by atoms with Crippen LogP contribution >= 0.6 is 11.6 Å². The summed E-state index contributed by atoms with van der Waals surface area (Å²) in [4.78, 5) is 0. The Bertz CT molecular complexity index is 293. The zero-order chi connectivity index (χ0) is 9.84. The third kappa shape index (κ3) is 2.23. The van der Waals surface area contributed by atoms with Gasteiger partial charge in [0.05, 0.1) is 0 Å². The van der Waals surface area contributed by atoms with E-state index in [1.54, 1.807) is 12.1 Å². The molecule has 0 unspecified atom stereocenters. The van der Waals surface area contributed by atoms with E-state index in [1.165, 1.54) is 6.07 Å². The summed E-state index contributed by atoms with van der Waals surface area (Å²) in [6.45, 7) is 0. The minimum atomic E-state index is -0.153. The van der Waals surface area contributed by atoms with Crippen LogP contribution in [0, 0.1) is 18.7 Å². The van der Waals surface area contributed by atoms with Crippen molar-refractivity contribution in [3.05, 3.63) is 34.6 Å². The summed E-state index contributed by atoms with van der Waals surface area (Å²) in [5.41, 5.74) is 0.717. The second-order valence-electron chi connectivity index (χ2n) is 2.91. The molecule has 0 nitrogen and oxygen atoms in total. The molecule has 1 aromatic carbocycles. The van der Waals surface area contributed by atoms with Gasteiger partial charge in [-0.15, -0.1) is 12.8 Å². The van der Waals surface area contributed by atoms with Gasteiger partial charge in [-0.1, -0.05) is 17.7 Å². The van der Waals surface area contributed by atoms with Crippen LogP contribution in [-0.2, 0) is 0 Å². The van der Waals surface area contributed by atoms with Gasteiger partial charge in [0.2, 0.25) is 0 Å². The van der Waals surface area contributed by atoms with E-state index in [0.29, 0.717) is 16.5 Å². The van der Waals surface area contributed by atoms with Gasteiger partial charge in [-0.05, 0) is 30.9 Å². The van der Waals surface area contributed by atoms with Crippen LogP contribution in [0.4, 0.5) is 4.39 Å². The Hall–Kier alpha value is -1.00. The molecular weight excluding hydrogens is 187 g/mol. The zero-order valence-corrected chi connectivity index (χ0v) is 7.89. The molecule has 0 aliphatic heterocycles. The summed E-state index contributed by atoms with van der Waals surface area (Å²) in [6.07, 6.45) is 10.2. The Balaban J connectivity index is 0.000000396. The van der Waals surface area contributed by atoms with Crippen LogP contribution in [0.15, 0.2) is 18.2 Å². The lowest BCUT2D eigenvalue weighted by Gasteiger charge is -2.01. The minimum Gasteiger partial charge on any atom is -0.207 e. The van der Waals surface area contributed by atoms with Gasteiger partial charge in [-0.3, -0.25) is 0 Å². The topological polar surface area (TPSA) is 0 Å².